The summed E-state index contributed by atoms with van der Waals surface area (Å²) in [6, 6.07) is 4.12. The zero-order valence-corrected chi connectivity index (χ0v) is 14.5. The van der Waals surface area contributed by atoms with E-state index in [-0.39, 0.29) is 5.60 Å². The monoisotopic (exact) mass is 336 g/mol. The first-order chi connectivity index (χ1) is 12.3. The summed E-state index contributed by atoms with van der Waals surface area (Å²) in [6.45, 7) is 3.40. The smallest absolute Gasteiger partial charge is 0.131 e. The van der Waals surface area contributed by atoms with E-state index in [0.29, 0.717) is 12.5 Å². The van der Waals surface area contributed by atoms with E-state index >= 15 is 0 Å². The Bertz CT molecular complexity index is 752. The zero-order chi connectivity index (χ0) is 16.7. The maximum atomic E-state index is 6.20. The molecule has 5 rings (SSSR count). The van der Waals surface area contributed by atoms with Gasteiger partial charge in [0.1, 0.15) is 11.4 Å². The van der Waals surface area contributed by atoms with E-state index in [1.807, 2.05) is 18.5 Å². The highest BCUT2D eigenvalue weighted by Gasteiger charge is 2.50. The van der Waals surface area contributed by atoms with Crippen molar-refractivity contribution in [2.24, 2.45) is 0 Å². The molecule has 5 heteroatoms. The largest absolute Gasteiger partial charge is 0.361 e. The summed E-state index contributed by atoms with van der Waals surface area (Å²) >= 11 is 0. The van der Waals surface area contributed by atoms with Crippen molar-refractivity contribution in [3.63, 3.8) is 0 Å². The summed E-state index contributed by atoms with van der Waals surface area (Å²) in [5.74, 6) is 1.60. The fourth-order valence-corrected chi connectivity index (χ4v) is 4.56. The fraction of sp³-hybridized carbons (Fsp3) is 0.550. The topological polar surface area (TPSA) is 51.1 Å². The third kappa shape index (κ3) is 2.75. The summed E-state index contributed by atoms with van der Waals surface area (Å²) in [5.41, 5.74) is 3.41. The number of rotatable bonds is 3. The molecule has 2 fully saturated rings. The number of fused-ring (bicyclic) bond motifs is 2. The molecule has 1 saturated carbocycles. The number of nitrogens with zero attached hydrogens (tertiary/aromatic N) is 4. The highest BCUT2D eigenvalue weighted by molar-refractivity contribution is 5.33. The third-order valence-corrected chi connectivity index (χ3v) is 5.92. The van der Waals surface area contributed by atoms with Crippen molar-refractivity contribution in [2.45, 2.75) is 56.8 Å². The number of likely N-dealkylation sites (tertiary alicyclic amines) is 1. The first-order valence-electron chi connectivity index (χ1n) is 9.44. The molecule has 130 valence electrons. The molecular formula is C20H24N4O. The molecule has 0 amide bonds. The van der Waals surface area contributed by atoms with Crippen molar-refractivity contribution in [3.05, 3.63) is 53.4 Å². The molecule has 1 saturated heterocycles. The Morgan fingerprint density at radius 1 is 1.16 bits per heavy atom. The van der Waals surface area contributed by atoms with Crippen LogP contribution in [0.2, 0.25) is 0 Å². The van der Waals surface area contributed by atoms with E-state index in [2.05, 4.69) is 22.1 Å². The standard InChI is InChI=1S/C20H24N4O/c1-2-6-16(7-3-1)19-22-10-17-18(23-19)12-25-20(17)13-24(14-20)11-15-5-4-8-21-9-15/h4-5,8-10,16H,1-3,6-7,11-14H2. The molecule has 25 heavy (non-hydrogen) atoms. The van der Waals surface area contributed by atoms with Crippen LogP contribution in [-0.4, -0.2) is 32.9 Å². The van der Waals surface area contributed by atoms with Gasteiger partial charge in [-0.15, -0.1) is 0 Å². The molecule has 0 aromatic carbocycles. The Hall–Kier alpha value is -1.85. The predicted molar refractivity (Wildman–Crippen MR) is 93.8 cm³/mol. The van der Waals surface area contributed by atoms with Gasteiger partial charge in [-0.3, -0.25) is 9.88 Å². The maximum absolute atomic E-state index is 6.20. The maximum Gasteiger partial charge on any atom is 0.131 e. The molecule has 4 heterocycles. The van der Waals surface area contributed by atoms with Gasteiger partial charge >= 0.3 is 0 Å². The number of hydrogen-bond acceptors (Lipinski definition) is 5. The third-order valence-electron chi connectivity index (χ3n) is 5.92. The molecule has 2 aliphatic heterocycles. The average Bonchev–Trinajstić information content (AvgIpc) is 3.02. The van der Waals surface area contributed by atoms with E-state index in [1.165, 1.54) is 43.2 Å². The molecule has 0 radical (unpaired) electrons. The van der Waals surface area contributed by atoms with Crippen molar-refractivity contribution in [3.8, 4) is 0 Å². The summed E-state index contributed by atoms with van der Waals surface area (Å²) in [6.07, 6.45) is 12.3. The quantitative estimate of drug-likeness (QED) is 0.862. The van der Waals surface area contributed by atoms with Crippen LogP contribution in [0.15, 0.2) is 30.7 Å². The van der Waals surface area contributed by atoms with Gasteiger partial charge in [-0.25, -0.2) is 9.97 Å². The van der Waals surface area contributed by atoms with Crippen LogP contribution in [-0.2, 0) is 23.5 Å². The van der Waals surface area contributed by atoms with Gasteiger partial charge in [0.25, 0.3) is 0 Å². The molecule has 0 atom stereocenters. The molecule has 0 unspecified atom stereocenters. The van der Waals surface area contributed by atoms with Crippen LogP contribution in [0, 0.1) is 0 Å². The van der Waals surface area contributed by atoms with Gasteiger partial charge < -0.3 is 4.74 Å². The molecule has 0 N–H and O–H groups in total. The number of ether oxygens (including phenoxy) is 1. The van der Waals surface area contributed by atoms with Gasteiger partial charge in [0, 0.05) is 49.7 Å². The first-order valence-corrected chi connectivity index (χ1v) is 9.44. The average molecular weight is 336 g/mol. The van der Waals surface area contributed by atoms with Crippen LogP contribution >= 0.6 is 0 Å². The minimum Gasteiger partial charge on any atom is -0.361 e. The lowest BCUT2D eigenvalue weighted by molar-refractivity contribution is -0.145. The summed E-state index contributed by atoms with van der Waals surface area (Å²) in [7, 11) is 0. The van der Waals surface area contributed by atoms with E-state index in [1.54, 1.807) is 0 Å². The van der Waals surface area contributed by atoms with Crippen molar-refractivity contribution in [1.82, 2.24) is 19.9 Å². The van der Waals surface area contributed by atoms with Crippen LogP contribution in [0.3, 0.4) is 0 Å². The molecule has 5 nitrogen and oxygen atoms in total. The van der Waals surface area contributed by atoms with Gasteiger partial charge in [-0.1, -0.05) is 25.3 Å². The Balaban J connectivity index is 1.29. The first kappa shape index (κ1) is 15.4. The molecule has 1 aliphatic carbocycles. The molecule has 2 aromatic rings. The minimum absolute atomic E-state index is 0.178. The second-order valence-electron chi connectivity index (χ2n) is 7.71. The molecular weight excluding hydrogens is 312 g/mol. The van der Waals surface area contributed by atoms with E-state index < -0.39 is 0 Å². The van der Waals surface area contributed by atoms with Gasteiger partial charge in [0.2, 0.25) is 0 Å². The molecule has 2 aromatic heterocycles. The van der Waals surface area contributed by atoms with Crippen LogP contribution < -0.4 is 0 Å². The highest BCUT2D eigenvalue weighted by atomic mass is 16.5. The van der Waals surface area contributed by atoms with Crippen molar-refractivity contribution < 1.29 is 4.74 Å². The lowest BCUT2D eigenvalue weighted by Crippen LogP contribution is -2.58. The zero-order valence-electron chi connectivity index (χ0n) is 14.5. The van der Waals surface area contributed by atoms with Gasteiger partial charge in [0.15, 0.2) is 0 Å². The molecule has 0 bridgehead atoms. The summed E-state index contributed by atoms with van der Waals surface area (Å²) in [5, 5.41) is 0. The Morgan fingerprint density at radius 3 is 2.84 bits per heavy atom. The van der Waals surface area contributed by atoms with E-state index in [4.69, 9.17) is 14.7 Å². The van der Waals surface area contributed by atoms with Crippen molar-refractivity contribution >= 4 is 0 Å². The highest BCUT2D eigenvalue weighted by Crippen LogP contribution is 2.43. The Morgan fingerprint density at radius 2 is 2.04 bits per heavy atom. The number of aromatic nitrogens is 3. The van der Waals surface area contributed by atoms with Gasteiger partial charge in [-0.2, -0.15) is 0 Å². The number of hydrogen-bond donors (Lipinski definition) is 0. The van der Waals surface area contributed by atoms with E-state index in [9.17, 15) is 0 Å². The lowest BCUT2D eigenvalue weighted by Gasteiger charge is -2.47. The molecule has 1 spiro atoms. The number of pyridine rings is 1. The van der Waals surface area contributed by atoms with Crippen molar-refractivity contribution in [2.75, 3.05) is 13.1 Å². The molecule has 3 aliphatic rings. The normalized spacial score (nSPS) is 22.7. The van der Waals surface area contributed by atoms with Crippen LogP contribution in [0.25, 0.3) is 0 Å². The predicted octanol–water partition coefficient (Wildman–Crippen LogP) is 3.16. The van der Waals surface area contributed by atoms with Crippen LogP contribution in [0.1, 0.15) is 60.7 Å². The van der Waals surface area contributed by atoms with E-state index in [0.717, 1.165) is 31.2 Å². The SMILES string of the molecule is c1cncc(CN2CC3(C2)OCc2nc(C4CCCCC4)ncc23)c1. The lowest BCUT2D eigenvalue weighted by atomic mass is 9.86. The van der Waals surface area contributed by atoms with Gasteiger partial charge in [-0.05, 0) is 24.5 Å². The summed E-state index contributed by atoms with van der Waals surface area (Å²) < 4.78 is 6.20. The Labute approximate surface area is 148 Å². The second kappa shape index (κ2) is 6.15. The minimum atomic E-state index is -0.178. The van der Waals surface area contributed by atoms with Gasteiger partial charge in [0.05, 0.1) is 12.3 Å². The Kier molecular flexibility index (Phi) is 3.79. The summed E-state index contributed by atoms with van der Waals surface area (Å²) in [4.78, 5) is 16.2. The van der Waals surface area contributed by atoms with Crippen molar-refractivity contribution in [1.29, 1.82) is 0 Å². The van der Waals surface area contributed by atoms with Crippen LogP contribution in [0.4, 0.5) is 0 Å². The van der Waals surface area contributed by atoms with Crippen LogP contribution in [0.5, 0.6) is 0 Å². The second-order valence-corrected chi connectivity index (χ2v) is 7.71. The fourth-order valence-electron chi connectivity index (χ4n) is 4.56.